The molecule has 2 saturated heterocycles. The summed E-state index contributed by atoms with van der Waals surface area (Å²) in [4.78, 5) is 5.01. The van der Waals surface area contributed by atoms with Gasteiger partial charge in [-0.1, -0.05) is 17.7 Å². The summed E-state index contributed by atoms with van der Waals surface area (Å²) < 4.78 is 13.1. The number of halogens is 2. The van der Waals surface area contributed by atoms with Crippen molar-refractivity contribution < 1.29 is 4.39 Å². The van der Waals surface area contributed by atoms with Gasteiger partial charge >= 0.3 is 0 Å². The number of nitrogens with one attached hydrogen (secondary N) is 1. The van der Waals surface area contributed by atoms with Gasteiger partial charge in [0.2, 0.25) is 0 Å². The Kier molecular flexibility index (Phi) is 4.56. The highest BCUT2D eigenvalue weighted by atomic mass is 35.5. The van der Waals surface area contributed by atoms with E-state index in [4.69, 9.17) is 11.6 Å². The third-order valence-corrected chi connectivity index (χ3v) is 4.64. The van der Waals surface area contributed by atoms with Crippen LogP contribution in [0.4, 0.5) is 4.39 Å². The summed E-state index contributed by atoms with van der Waals surface area (Å²) in [5.74, 6) is -0.339. The van der Waals surface area contributed by atoms with Crippen molar-refractivity contribution in [1.82, 2.24) is 15.1 Å². The van der Waals surface area contributed by atoms with Crippen molar-refractivity contribution in [2.24, 2.45) is 0 Å². The molecule has 1 atom stereocenters. The average molecular weight is 298 g/mol. The fraction of sp³-hybridized carbons (Fsp3) is 0.600. The summed E-state index contributed by atoms with van der Waals surface area (Å²) >= 11 is 5.83. The molecule has 0 aliphatic carbocycles. The summed E-state index contributed by atoms with van der Waals surface area (Å²) in [6, 6.07) is 5.74. The Morgan fingerprint density at radius 2 is 2.05 bits per heavy atom. The Balaban J connectivity index is 1.51. The van der Waals surface area contributed by atoms with Gasteiger partial charge in [0.25, 0.3) is 0 Å². The smallest absolute Gasteiger partial charge is 0.141 e. The standard InChI is InChI=1S/C15H21ClFN3/c16-14-9-12(1-2-15(14)17)11-19-5-7-20(8-6-19)13-3-4-18-10-13/h1-2,9,13,18H,3-8,10-11H2. The fourth-order valence-electron chi connectivity index (χ4n) is 3.13. The van der Waals surface area contributed by atoms with E-state index in [9.17, 15) is 4.39 Å². The van der Waals surface area contributed by atoms with Gasteiger partial charge in [0.15, 0.2) is 0 Å². The number of hydrogen-bond donors (Lipinski definition) is 1. The Hall–Kier alpha value is -0.680. The van der Waals surface area contributed by atoms with Crippen LogP contribution in [0.15, 0.2) is 18.2 Å². The van der Waals surface area contributed by atoms with Crippen LogP contribution in [0.2, 0.25) is 5.02 Å². The van der Waals surface area contributed by atoms with Crippen LogP contribution in [-0.2, 0) is 6.54 Å². The lowest BCUT2D eigenvalue weighted by Crippen LogP contribution is -2.50. The predicted molar refractivity (Wildman–Crippen MR) is 79.5 cm³/mol. The molecule has 110 valence electrons. The normalized spacial score (nSPS) is 25.2. The summed E-state index contributed by atoms with van der Waals surface area (Å²) in [7, 11) is 0. The molecule has 0 amide bonds. The van der Waals surface area contributed by atoms with Crippen LogP contribution < -0.4 is 5.32 Å². The molecule has 1 aromatic rings. The minimum Gasteiger partial charge on any atom is -0.315 e. The molecule has 2 heterocycles. The highest BCUT2D eigenvalue weighted by Crippen LogP contribution is 2.18. The first kappa shape index (κ1) is 14.3. The van der Waals surface area contributed by atoms with Gasteiger partial charge in [0, 0.05) is 45.3 Å². The van der Waals surface area contributed by atoms with Crippen LogP contribution in [-0.4, -0.2) is 55.1 Å². The largest absolute Gasteiger partial charge is 0.315 e. The maximum Gasteiger partial charge on any atom is 0.141 e. The Bertz CT molecular complexity index is 454. The van der Waals surface area contributed by atoms with E-state index in [1.807, 2.05) is 6.07 Å². The Labute approximate surface area is 124 Å². The van der Waals surface area contributed by atoms with Crippen LogP contribution in [0.3, 0.4) is 0 Å². The second-order valence-corrected chi connectivity index (χ2v) is 6.11. The van der Waals surface area contributed by atoms with Crippen molar-refractivity contribution in [2.75, 3.05) is 39.3 Å². The zero-order chi connectivity index (χ0) is 13.9. The lowest BCUT2D eigenvalue weighted by atomic mass is 10.1. The highest BCUT2D eigenvalue weighted by molar-refractivity contribution is 6.30. The summed E-state index contributed by atoms with van der Waals surface area (Å²) in [5, 5.41) is 3.65. The van der Waals surface area contributed by atoms with E-state index in [1.165, 1.54) is 12.5 Å². The van der Waals surface area contributed by atoms with E-state index in [-0.39, 0.29) is 10.8 Å². The van der Waals surface area contributed by atoms with Crippen molar-refractivity contribution in [3.05, 3.63) is 34.6 Å². The summed E-state index contributed by atoms with van der Waals surface area (Å²) in [6.45, 7) is 7.54. The third-order valence-electron chi connectivity index (χ3n) is 4.35. The van der Waals surface area contributed by atoms with Gasteiger partial charge < -0.3 is 5.32 Å². The molecule has 2 aliphatic heterocycles. The molecule has 2 aliphatic rings. The molecule has 1 N–H and O–H groups in total. The van der Waals surface area contributed by atoms with Crippen molar-refractivity contribution in [3.8, 4) is 0 Å². The number of nitrogens with zero attached hydrogens (tertiary/aromatic N) is 2. The number of hydrogen-bond acceptors (Lipinski definition) is 3. The Morgan fingerprint density at radius 1 is 1.25 bits per heavy atom. The number of piperazine rings is 1. The van der Waals surface area contributed by atoms with Gasteiger partial charge in [-0.3, -0.25) is 9.80 Å². The molecule has 1 unspecified atom stereocenters. The van der Waals surface area contributed by atoms with Crippen molar-refractivity contribution >= 4 is 11.6 Å². The van der Waals surface area contributed by atoms with Crippen LogP contribution in [0.1, 0.15) is 12.0 Å². The SMILES string of the molecule is Fc1ccc(CN2CCN(C3CCNC3)CC2)cc1Cl. The van der Waals surface area contributed by atoms with E-state index in [0.717, 1.165) is 57.4 Å². The van der Waals surface area contributed by atoms with Gasteiger partial charge in [-0.2, -0.15) is 0 Å². The van der Waals surface area contributed by atoms with Gasteiger partial charge in [-0.05, 0) is 30.7 Å². The predicted octanol–water partition coefficient (Wildman–Crippen LogP) is 1.96. The van der Waals surface area contributed by atoms with E-state index in [1.54, 1.807) is 6.07 Å². The second kappa shape index (κ2) is 6.39. The Morgan fingerprint density at radius 3 is 2.70 bits per heavy atom. The monoisotopic (exact) mass is 297 g/mol. The van der Waals surface area contributed by atoms with E-state index in [2.05, 4.69) is 15.1 Å². The molecule has 0 saturated carbocycles. The summed E-state index contributed by atoms with van der Waals surface area (Å²) in [6.07, 6.45) is 1.27. The number of rotatable bonds is 3. The van der Waals surface area contributed by atoms with Gasteiger partial charge in [-0.25, -0.2) is 4.39 Å². The molecule has 3 rings (SSSR count). The number of benzene rings is 1. The molecule has 3 nitrogen and oxygen atoms in total. The minimum atomic E-state index is -0.339. The lowest BCUT2D eigenvalue weighted by molar-refractivity contribution is 0.0981. The molecular weight excluding hydrogens is 277 g/mol. The molecular formula is C15H21ClFN3. The topological polar surface area (TPSA) is 18.5 Å². The molecule has 1 aromatic carbocycles. The van der Waals surface area contributed by atoms with Gasteiger partial charge in [0.1, 0.15) is 5.82 Å². The van der Waals surface area contributed by atoms with E-state index < -0.39 is 0 Å². The van der Waals surface area contributed by atoms with Crippen LogP contribution in [0.25, 0.3) is 0 Å². The van der Waals surface area contributed by atoms with Gasteiger partial charge in [0.05, 0.1) is 5.02 Å². The molecule has 20 heavy (non-hydrogen) atoms. The first-order chi connectivity index (χ1) is 9.72. The third kappa shape index (κ3) is 3.31. The minimum absolute atomic E-state index is 0.221. The fourth-order valence-corrected chi connectivity index (χ4v) is 3.34. The highest BCUT2D eigenvalue weighted by Gasteiger charge is 2.25. The molecule has 5 heteroatoms. The maximum absolute atomic E-state index is 13.1. The van der Waals surface area contributed by atoms with Crippen molar-refractivity contribution in [2.45, 2.75) is 19.0 Å². The summed E-state index contributed by atoms with van der Waals surface area (Å²) in [5.41, 5.74) is 1.09. The van der Waals surface area contributed by atoms with Crippen LogP contribution >= 0.6 is 11.6 Å². The molecule has 0 spiro atoms. The van der Waals surface area contributed by atoms with Gasteiger partial charge in [-0.15, -0.1) is 0 Å². The zero-order valence-electron chi connectivity index (χ0n) is 11.6. The van der Waals surface area contributed by atoms with Crippen LogP contribution in [0, 0.1) is 5.82 Å². The quantitative estimate of drug-likeness (QED) is 0.920. The maximum atomic E-state index is 13.1. The lowest BCUT2D eigenvalue weighted by Gasteiger charge is -2.37. The first-order valence-corrected chi connectivity index (χ1v) is 7.71. The van der Waals surface area contributed by atoms with E-state index >= 15 is 0 Å². The molecule has 2 fully saturated rings. The second-order valence-electron chi connectivity index (χ2n) is 5.71. The molecule has 0 aromatic heterocycles. The molecule has 0 bridgehead atoms. The average Bonchev–Trinajstić information content (AvgIpc) is 2.98. The zero-order valence-corrected chi connectivity index (χ0v) is 12.4. The van der Waals surface area contributed by atoms with Crippen molar-refractivity contribution in [3.63, 3.8) is 0 Å². The van der Waals surface area contributed by atoms with Crippen molar-refractivity contribution in [1.29, 1.82) is 0 Å². The molecule has 0 radical (unpaired) electrons. The van der Waals surface area contributed by atoms with E-state index in [0.29, 0.717) is 0 Å². The van der Waals surface area contributed by atoms with Crippen LogP contribution in [0.5, 0.6) is 0 Å². The first-order valence-electron chi connectivity index (χ1n) is 7.33.